The molecular weight excluding hydrogens is 226 g/mol. The molecule has 1 aliphatic rings. The van der Waals surface area contributed by atoms with Gasteiger partial charge in [0.15, 0.2) is 0 Å². The van der Waals surface area contributed by atoms with E-state index in [1.165, 1.54) is 5.56 Å². The minimum Gasteiger partial charge on any atom is -0.327 e. The Morgan fingerprint density at radius 2 is 2.31 bits per heavy atom. The van der Waals surface area contributed by atoms with E-state index >= 15 is 0 Å². The number of benzene rings is 1. The molecule has 1 fully saturated rings. The van der Waals surface area contributed by atoms with Crippen LogP contribution in [0.15, 0.2) is 28.7 Å². The molecule has 1 aliphatic carbocycles. The van der Waals surface area contributed by atoms with Gasteiger partial charge in [-0.25, -0.2) is 0 Å². The third kappa shape index (κ3) is 1.42. The van der Waals surface area contributed by atoms with Crippen LogP contribution in [0.3, 0.4) is 0 Å². The molecule has 1 aromatic carbocycles. The first-order valence-corrected chi connectivity index (χ1v) is 5.50. The lowest BCUT2D eigenvalue weighted by Gasteiger charge is -2.14. The van der Waals surface area contributed by atoms with Crippen molar-refractivity contribution in [2.24, 2.45) is 5.73 Å². The van der Waals surface area contributed by atoms with Gasteiger partial charge in [0.05, 0.1) is 0 Å². The first-order chi connectivity index (χ1) is 6.19. The lowest BCUT2D eigenvalue weighted by molar-refractivity contribution is 0.634. The largest absolute Gasteiger partial charge is 0.327 e. The van der Waals surface area contributed by atoms with Crippen LogP contribution in [0.2, 0.25) is 0 Å². The highest BCUT2D eigenvalue weighted by atomic mass is 79.9. The second-order valence-electron chi connectivity index (χ2n) is 3.83. The van der Waals surface area contributed by atoms with E-state index in [4.69, 9.17) is 5.73 Å². The van der Waals surface area contributed by atoms with Gasteiger partial charge in [-0.05, 0) is 30.5 Å². The van der Waals surface area contributed by atoms with Gasteiger partial charge in [-0.15, -0.1) is 0 Å². The smallest absolute Gasteiger partial charge is 0.0178 e. The monoisotopic (exact) mass is 239 g/mol. The zero-order chi connectivity index (χ0) is 9.47. The molecule has 0 aromatic heterocycles. The van der Waals surface area contributed by atoms with E-state index in [9.17, 15) is 0 Å². The number of hydrogen-bond acceptors (Lipinski definition) is 1. The van der Waals surface area contributed by atoms with Gasteiger partial charge in [0.2, 0.25) is 0 Å². The molecule has 13 heavy (non-hydrogen) atoms. The van der Waals surface area contributed by atoms with Gasteiger partial charge in [-0.2, -0.15) is 0 Å². The highest BCUT2D eigenvalue weighted by Crippen LogP contribution is 2.49. The van der Waals surface area contributed by atoms with Crippen LogP contribution in [0.4, 0.5) is 0 Å². The van der Waals surface area contributed by atoms with E-state index in [1.807, 2.05) is 0 Å². The van der Waals surface area contributed by atoms with Gasteiger partial charge >= 0.3 is 0 Å². The average molecular weight is 240 g/mol. The molecule has 2 heteroatoms. The standard InChI is InChI=1S/C11H14BrN/c1-2-11(7-10(11)13)8-4-3-5-9(12)6-8/h3-6,10H,2,7,13H2,1H3. The molecule has 2 rings (SSSR count). The summed E-state index contributed by atoms with van der Waals surface area (Å²) in [4.78, 5) is 0. The molecule has 0 radical (unpaired) electrons. The number of halogens is 1. The molecule has 2 atom stereocenters. The van der Waals surface area contributed by atoms with Gasteiger partial charge in [0.1, 0.15) is 0 Å². The topological polar surface area (TPSA) is 26.0 Å². The molecular formula is C11H14BrN. The van der Waals surface area contributed by atoms with E-state index in [0.717, 1.165) is 17.3 Å². The van der Waals surface area contributed by atoms with Crippen molar-refractivity contribution in [2.75, 3.05) is 0 Å². The zero-order valence-corrected chi connectivity index (χ0v) is 9.34. The molecule has 0 heterocycles. The van der Waals surface area contributed by atoms with Gasteiger partial charge < -0.3 is 5.73 Å². The van der Waals surface area contributed by atoms with Crippen LogP contribution in [0.5, 0.6) is 0 Å². The van der Waals surface area contributed by atoms with E-state index in [1.54, 1.807) is 0 Å². The van der Waals surface area contributed by atoms with Gasteiger partial charge in [0.25, 0.3) is 0 Å². The van der Waals surface area contributed by atoms with Crippen LogP contribution in [-0.4, -0.2) is 6.04 Å². The number of hydrogen-bond donors (Lipinski definition) is 1. The maximum Gasteiger partial charge on any atom is 0.0178 e. The summed E-state index contributed by atoms with van der Waals surface area (Å²) in [6.45, 7) is 2.22. The van der Waals surface area contributed by atoms with Crippen molar-refractivity contribution in [3.8, 4) is 0 Å². The Morgan fingerprint density at radius 1 is 1.62 bits per heavy atom. The molecule has 1 nitrogen and oxygen atoms in total. The Labute approximate surface area is 87.5 Å². The molecule has 0 bridgehead atoms. The molecule has 0 amide bonds. The molecule has 70 valence electrons. The Hall–Kier alpha value is -0.340. The highest BCUT2D eigenvalue weighted by molar-refractivity contribution is 9.10. The number of rotatable bonds is 2. The fraction of sp³-hybridized carbons (Fsp3) is 0.455. The van der Waals surface area contributed by atoms with E-state index in [-0.39, 0.29) is 5.41 Å². The van der Waals surface area contributed by atoms with Crippen LogP contribution >= 0.6 is 15.9 Å². The fourth-order valence-corrected chi connectivity index (χ4v) is 2.47. The number of nitrogens with two attached hydrogens (primary N) is 1. The lowest BCUT2D eigenvalue weighted by Crippen LogP contribution is -2.17. The average Bonchev–Trinajstić information content (AvgIpc) is 2.78. The van der Waals surface area contributed by atoms with Crippen LogP contribution in [0.25, 0.3) is 0 Å². The van der Waals surface area contributed by atoms with Crippen molar-refractivity contribution in [1.29, 1.82) is 0 Å². The van der Waals surface area contributed by atoms with E-state index < -0.39 is 0 Å². The summed E-state index contributed by atoms with van der Waals surface area (Å²) in [6.07, 6.45) is 2.28. The van der Waals surface area contributed by atoms with Crippen molar-refractivity contribution >= 4 is 15.9 Å². The maximum absolute atomic E-state index is 5.98. The molecule has 0 saturated heterocycles. The SMILES string of the molecule is CCC1(c2cccc(Br)c2)CC1N. The van der Waals surface area contributed by atoms with Crippen LogP contribution in [0, 0.1) is 0 Å². The summed E-state index contributed by atoms with van der Waals surface area (Å²) in [5, 5.41) is 0. The van der Waals surface area contributed by atoms with Gasteiger partial charge in [-0.1, -0.05) is 35.0 Å². The second kappa shape index (κ2) is 3.10. The van der Waals surface area contributed by atoms with Crippen molar-refractivity contribution in [2.45, 2.75) is 31.2 Å². The van der Waals surface area contributed by atoms with E-state index in [2.05, 4.69) is 47.1 Å². The summed E-state index contributed by atoms with van der Waals surface area (Å²) >= 11 is 3.49. The molecule has 1 aromatic rings. The molecule has 1 saturated carbocycles. The van der Waals surface area contributed by atoms with Crippen LogP contribution < -0.4 is 5.73 Å². The maximum atomic E-state index is 5.98. The van der Waals surface area contributed by atoms with Crippen molar-refractivity contribution < 1.29 is 0 Å². The Bertz CT molecular complexity index is 320. The predicted molar refractivity (Wildman–Crippen MR) is 58.7 cm³/mol. The minimum absolute atomic E-state index is 0.282. The third-order valence-corrected chi connectivity index (χ3v) is 3.66. The fourth-order valence-electron chi connectivity index (χ4n) is 2.07. The minimum atomic E-state index is 0.282. The highest BCUT2D eigenvalue weighted by Gasteiger charge is 2.51. The van der Waals surface area contributed by atoms with Crippen molar-refractivity contribution in [1.82, 2.24) is 0 Å². The lowest BCUT2D eigenvalue weighted by atomic mass is 9.92. The summed E-state index contributed by atoms with van der Waals surface area (Å²) in [5.74, 6) is 0. The van der Waals surface area contributed by atoms with Crippen LogP contribution in [0.1, 0.15) is 25.3 Å². The summed E-state index contributed by atoms with van der Waals surface area (Å²) in [6, 6.07) is 8.88. The third-order valence-electron chi connectivity index (χ3n) is 3.16. The zero-order valence-electron chi connectivity index (χ0n) is 7.76. The first kappa shape index (κ1) is 9.22. The Morgan fingerprint density at radius 3 is 2.77 bits per heavy atom. The predicted octanol–water partition coefficient (Wildman–Crippen LogP) is 2.83. The van der Waals surface area contributed by atoms with Gasteiger partial charge in [-0.3, -0.25) is 0 Å². The Balaban J connectivity index is 2.35. The summed E-state index contributed by atoms with van der Waals surface area (Å²) < 4.78 is 1.15. The van der Waals surface area contributed by atoms with Crippen LogP contribution in [-0.2, 0) is 5.41 Å². The van der Waals surface area contributed by atoms with Crippen molar-refractivity contribution in [3.05, 3.63) is 34.3 Å². The summed E-state index contributed by atoms with van der Waals surface area (Å²) in [7, 11) is 0. The molecule has 0 spiro atoms. The quantitative estimate of drug-likeness (QED) is 0.845. The molecule has 0 aliphatic heterocycles. The van der Waals surface area contributed by atoms with Crippen molar-refractivity contribution in [3.63, 3.8) is 0 Å². The Kier molecular flexibility index (Phi) is 2.20. The van der Waals surface area contributed by atoms with E-state index in [0.29, 0.717) is 6.04 Å². The summed E-state index contributed by atoms with van der Waals surface area (Å²) in [5.41, 5.74) is 7.65. The normalized spacial score (nSPS) is 31.8. The van der Waals surface area contributed by atoms with Gasteiger partial charge in [0, 0.05) is 15.9 Å². The second-order valence-corrected chi connectivity index (χ2v) is 4.75. The molecule has 2 N–H and O–H groups in total. The molecule has 2 unspecified atom stereocenters. The first-order valence-electron chi connectivity index (χ1n) is 4.70.